The van der Waals surface area contributed by atoms with Gasteiger partial charge in [-0.05, 0) is 19.4 Å². The molecule has 2 atom stereocenters. The second-order valence-electron chi connectivity index (χ2n) is 3.92. The molecule has 16 heavy (non-hydrogen) atoms. The lowest BCUT2D eigenvalue weighted by atomic mass is 10.1. The van der Waals surface area contributed by atoms with Gasteiger partial charge in [0.15, 0.2) is 0 Å². The quantitative estimate of drug-likeness (QED) is 0.444. The van der Waals surface area contributed by atoms with E-state index in [0.717, 1.165) is 13.0 Å². The van der Waals surface area contributed by atoms with Crippen LogP contribution in [0.4, 0.5) is 0 Å². The Morgan fingerprint density at radius 1 is 1.44 bits per heavy atom. The first-order valence-corrected chi connectivity index (χ1v) is 5.54. The first-order valence-electron chi connectivity index (χ1n) is 5.54. The second kappa shape index (κ2) is 6.27. The summed E-state index contributed by atoms with van der Waals surface area (Å²) in [4.78, 5) is 22.1. The number of carbonyl (C=O) groups is 2. The Hall–Kier alpha value is -1.36. The van der Waals surface area contributed by atoms with Crippen LogP contribution in [0.5, 0.6) is 0 Å². The van der Waals surface area contributed by atoms with Gasteiger partial charge >= 0.3 is 5.97 Å². The number of hydrogen-bond donors (Lipinski definition) is 3. The zero-order chi connectivity index (χ0) is 12.0. The van der Waals surface area contributed by atoms with E-state index in [0.29, 0.717) is 6.42 Å². The number of nitrogens with one attached hydrogen (secondary N) is 2. The fourth-order valence-electron chi connectivity index (χ4n) is 1.63. The SMILES string of the molecule is CCCNCC(=O)NC1C=CC(C(=O)O)C1. The topological polar surface area (TPSA) is 78.4 Å². The van der Waals surface area contributed by atoms with Crippen molar-refractivity contribution in [3.05, 3.63) is 12.2 Å². The maximum atomic E-state index is 11.4. The van der Waals surface area contributed by atoms with Crippen molar-refractivity contribution in [3.63, 3.8) is 0 Å². The summed E-state index contributed by atoms with van der Waals surface area (Å²) in [5, 5.41) is 14.5. The molecule has 1 amide bonds. The molecule has 0 bridgehead atoms. The third kappa shape index (κ3) is 4.02. The molecule has 5 nitrogen and oxygen atoms in total. The highest BCUT2D eigenvalue weighted by Gasteiger charge is 2.24. The van der Waals surface area contributed by atoms with Gasteiger partial charge in [0.2, 0.25) is 5.91 Å². The van der Waals surface area contributed by atoms with Crippen molar-refractivity contribution in [1.29, 1.82) is 0 Å². The molecule has 0 spiro atoms. The Bertz CT molecular complexity index is 289. The molecule has 0 fully saturated rings. The number of amides is 1. The van der Waals surface area contributed by atoms with E-state index in [2.05, 4.69) is 10.6 Å². The molecule has 0 heterocycles. The Balaban J connectivity index is 2.21. The van der Waals surface area contributed by atoms with Gasteiger partial charge in [-0.3, -0.25) is 9.59 Å². The van der Waals surface area contributed by atoms with E-state index >= 15 is 0 Å². The van der Waals surface area contributed by atoms with Gasteiger partial charge in [0, 0.05) is 6.04 Å². The van der Waals surface area contributed by atoms with Crippen molar-refractivity contribution in [1.82, 2.24) is 10.6 Å². The Morgan fingerprint density at radius 2 is 2.19 bits per heavy atom. The van der Waals surface area contributed by atoms with E-state index in [9.17, 15) is 9.59 Å². The molecule has 1 aliphatic rings. The molecule has 1 rings (SSSR count). The van der Waals surface area contributed by atoms with Crippen LogP contribution in [0.15, 0.2) is 12.2 Å². The molecule has 3 N–H and O–H groups in total. The standard InChI is InChI=1S/C11H18N2O3/c1-2-5-12-7-10(14)13-9-4-3-8(6-9)11(15)16/h3-4,8-9,12H,2,5-7H2,1H3,(H,13,14)(H,15,16). The van der Waals surface area contributed by atoms with E-state index < -0.39 is 11.9 Å². The van der Waals surface area contributed by atoms with E-state index in [4.69, 9.17) is 5.11 Å². The van der Waals surface area contributed by atoms with Crippen LogP contribution in [0, 0.1) is 5.92 Å². The van der Waals surface area contributed by atoms with Crippen molar-refractivity contribution in [2.24, 2.45) is 5.92 Å². The van der Waals surface area contributed by atoms with Gasteiger partial charge < -0.3 is 15.7 Å². The minimum Gasteiger partial charge on any atom is -0.481 e. The molecule has 0 aromatic rings. The third-order valence-electron chi connectivity index (χ3n) is 2.46. The van der Waals surface area contributed by atoms with E-state index in [-0.39, 0.29) is 18.5 Å². The van der Waals surface area contributed by atoms with Gasteiger partial charge in [-0.15, -0.1) is 0 Å². The monoisotopic (exact) mass is 226 g/mol. The summed E-state index contributed by atoms with van der Waals surface area (Å²) in [5.41, 5.74) is 0. The van der Waals surface area contributed by atoms with E-state index in [1.54, 1.807) is 12.2 Å². The van der Waals surface area contributed by atoms with E-state index in [1.165, 1.54) is 0 Å². The van der Waals surface area contributed by atoms with Crippen molar-refractivity contribution < 1.29 is 14.7 Å². The fraction of sp³-hybridized carbons (Fsp3) is 0.636. The number of carboxylic acids is 1. The molecule has 1 aliphatic carbocycles. The highest BCUT2D eigenvalue weighted by molar-refractivity contribution is 5.79. The van der Waals surface area contributed by atoms with Gasteiger partial charge in [-0.25, -0.2) is 0 Å². The number of carbonyl (C=O) groups excluding carboxylic acids is 1. The summed E-state index contributed by atoms with van der Waals surface area (Å²) in [6.07, 6.45) is 4.82. The first kappa shape index (κ1) is 12.7. The molecule has 0 aromatic heterocycles. The van der Waals surface area contributed by atoms with Crippen LogP contribution in [0.1, 0.15) is 19.8 Å². The van der Waals surface area contributed by atoms with Crippen LogP contribution < -0.4 is 10.6 Å². The maximum Gasteiger partial charge on any atom is 0.310 e. The molecule has 0 saturated carbocycles. The smallest absolute Gasteiger partial charge is 0.310 e. The van der Waals surface area contributed by atoms with Crippen LogP contribution >= 0.6 is 0 Å². The maximum absolute atomic E-state index is 11.4. The highest BCUT2D eigenvalue weighted by Crippen LogP contribution is 2.17. The summed E-state index contributed by atoms with van der Waals surface area (Å²) in [6.45, 7) is 3.13. The van der Waals surface area contributed by atoms with Gasteiger partial charge in [-0.2, -0.15) is 0 Å². The Labute approximate surface area is 94.9 Å². The van der Waals surface area contributed by atoms with Gasteiger partial charge in [0.1, 0.15) is 0 Å². The van der Waals surface area contributed by atoms with E-state index in [1.807, 2.05) is 6.92 Å². The summed E-state index contributed by atoms with van der Waals surface area (Å²) in [7, 11) is 0. The number of rotatable bonds is 6. The lowest BCUT2D eigenvalue weighted by Crippen LogP contribution is -2.39. The van der Waals surface area contributed by atoms with Gasteiger partial charge in [0.05, 0.1) is 12.5 Å². The average molecular weight is 226 g/mol. The minimum atomic E-state index is -0.836. The lowest BCUT2D eigenvalue weighted by molar-refractivity contribution is -0.140. The van der Waals surface area contributed by atoms with Gasteiger partial charge in [0.25, 0.3) is 0 Å². The molecule has 0 saturated heterocycles. The number of carboxylic acid groups (broad SMARTS) is 1. The molecule has 0 aromatic carbocycles. The Kier molecular flexibility index (Phi) is 4.98. The zero-order valence-corrected chi connectivity index (χ0v) is 9.40. The van der Waals surface area contributed by atoms with Crippen molar-refractivity contribution >= 4 is 11.9 Å². The number of aliphatic carboxylic acids is 1. The van der Waals surface area contributed by atoms with Crippen LogP contribution in [0.2, 0.25) is 0 Å². The molecular weight excluding hydrogens is 208 g/mol. The zero-order valence-electron chi connectivity index (χ0n) is 9.40. The number of hydrogen-bond acceptors (Lipinski definition) is 3. The third-order valence-corrected chi connectivity index (χ3v) is 2.46. The minimum absolute atomic E-state index is 0.0888. The van der Waals surface area contributed by atoms with Crippen molar-refractivity contribution in [2.45, 2.75) is 25.8 Å². The molecule has 2 unspecified atom stereocenters. The van der Waals surface area contributed by atoms with Crippen molar-refractivity contribution in [2.75, 3.05) is 13.1 Å². The van der Waals surface area contributed by atoms with Crippen LogP contribution in [-0.2, 0) is 9.59 Å². The molecule has 5 heteroatoms. The predicted octanol–water partition coefficient (Wildman–Crippen LogP) is 0.131. The fourth-order valence-corrected chi connectivity index (χ4v) is 1.63. The molecular formula is C11H18N2O3. The summed E-state index contributed by atoms with van der Waals surface area (Å²) in [6, 6.07) is -0.142. The van der Waals surface area contributed by atoms with Crippen molar-refractivity contribution in [3.8, 4) is 0 Å². The Morgan fingerprint density at radius 3 is 2.75 bits per heavy atom. The van der Waals surface area contributed by atoms with Crippen LogP contribution in [0.3, 0.4) is 0 Å². The molecule has 0 radical (unpaired) electrons. The molecule has 0 aliphatic heterocycles. The normalized spacial score (nSPS) is 23.3. The second-order valence-corrected chi connectivity index (χ2v) is 3.92. The highest BCUT2D eigenvalue weighted by atomic mass is 16.4. The summed E-state index contributed by atoms with van der Waals surface area (Å²) >= 11 is 0. The summed E-state index contributed by atoms with van der Waals surface area (Å²) < 4.78 is 0. The largest absolute Gasteiger partial charge is 0.481 e. The summed E-state index contributed by atoms with van der Waals surface area (Å²) in [5.74, 6) is -1.39. The van der Waals surface area contributed by atoms with Crippen LogP contribution in [0.25, 0.3) is 0 Å². The van der Waals surface area contributed by atoms with Gasteiger partial charge in [-0.1, -0.05) is 19.1 Å². The average Bonchev–Trinajstić information content (AvgIpc) is 2.66. The predicted molar refractivity (Wildman–Crippen MR) is 60.0 cm³/mol. The van der Waals surface area contributed by atoms with Crippen LogP contribution in [-0.4, -0.2) is 36.1 Å². The molecule has 90 valence electrons. The lowest BCUT2D eigenvalue weighted by Gasteiger charge is -2.12. The first-order chi connectivity index (χ1) is 7.63.